The van der Waals surface area contributed by atoms with Crippen LogP contribution in [-0.4, -0.2) is 10.2 Å². The van der Waals surface area contributed by atoms with Crippen molar-refractivity contribution in [3.63, 3.8) is 0 Å². The fourth-order valence-corrected chi connectivity index (χ4v) is 2.18. The Labute approximate surface area is 134 Å². The van der Waals surface area contributed by atoms with Crippen LogP contribution in [0, 0.1) is 0 Å². The average Bonchev–Trinajstić information content (AvgIpc) is 2.54. The van der Waals surface area contributed by atoms with Gasteiger partial charge in [-0.2, -0.15) is 0 Å². The van der Waals surface area contributed by atoms with Gasteiger partial charge in [0.25, 0.3) is 0 Å². The monoisotopic (exact) mass is 300 g/mol. The molecule has 2 rings (SSSR count). The summed E-state index contributed by atoms with van der Waals surface area (Å²) in [6, 6.07) is 15.1. The van der Waals surface area contributed by atoms with Crippen molar-refractivity contribution < 1.29 is 10.2 Å². The maximum Gasteiger partial charge on any atom is 0.118 e. The highest BCUT2D eigenvalue weighted by Crippen LogP contribution is 2.18. The Morgan fingerprint density at radius 1 is 0.636 bits per heavy atom. The van der Waals surface area contributed by atoms with Crippen LogP contribution >= 0.6 is 0 Å². The summed E-state index contributed by atoms with van der Waals surface area (Å²) in [6.45, 7) is 4.31. The molecule has 0 amide bonds. The molecule has 2 nitrogen and oxygen atoms in total. The predicted molar refractivity (Wildman–Crippen MR) is 93.4 cm³/mol. The standard InChI is InChI=1S/2C10H14O/c2*1-2-3-6-9-7-4-5-8-10(9)11/h2*4-5,7-8,11H,2-3,6H2,1H3. The number of phenolic OH excluding ortho intramolecular Hbond substituents is 2. The van der Waals surface area contributed by atoms with Crippen LogP contribution < -0.4 is 0 Å². The van der Waals surface area contributed by atoms with E-state index >= 15 is 0 Å². The molecule has 0 saturated carbocycles. The SMILES string of the molecule is CCCCc1ccccc1O.CCCCc1ccccc1O. The molecule has 0 fully saturated rings. The van der Waals surface area contributed by atoms with E-state index in [0.29, 0.717) is 11.5 Å². The van der Waals surface area contributed by atoms with Crippen molar-refractivity contribution in [1.29, 1.82) is 0 Å². The van der Waals surface area contributed by atoms with Crippen LogP contribution in [0.5, 0.6) is 11.5 Å². The predicted octanol–water partition coefficient (Wildman–Crippen LogP) is 5.47. The second kappa shape index (κ2) is 10.7. The summed E-state index contributed by atoms with van der Waals surface area (Å²) in [6.07, 6.45) is 6.63. The topological polar surface area (TPSA) is 40.5 Å². The quantitative estimate of drug-likeness (QED) is 0.742. The molecular weight excluding hydrogens is 272 g/mol. The normalized spacial score (nSPS) is 9.91. The molecule has 0 radical (unpaired) electrons. The van der Waals surface area contributed by atoms with Gasteiger partial charge in [0.15, 0.2) is 0 Å². The van der Waals surface area contributed by atoms with Gasteiger partial charge in [-0.15, -0.1) is 0 Å². The maximum absolute atomic E-state index is 9.34. The highest BCUT2D eigenvalue weighted by atomic mass is 16.3. The summed E-state index contributed by atoms with van der Waals surface area (Å²) < 4.78 is 0. The van der Waals surface area contributed by atoms with E-state index in [2.05, 4.69) is 13.8 Å². The number of aromatic hydroxyl groups is 2. The van der Waals surface area contributed by atoms with E-state index in [1.54, 1.807) is 12.1 Å². The van der Waals surface area contributed by atoms with Crippen molar-refractivity contribution in [2.75, 3.05) is 0 Å². The minimum absolute atomic E-state index is 0.431. The van der Waals surface area contributed by atoms with Gasteiger partial charge in [-0.05, 0) is 48.9 Å². The summed E-state index contributed by atoms with van der Waals surface area (Å²) >= 11 is 0. The molecule has 2 heteroatoms. The van der Waals surface area contributed by atoms with Crippen LogP contribution in [0.2, 0.25) is 0 Å². The van der Waals surface area contributed by atoms with Crippen molar-refractivity contribution in [2.45, 2.75) is 52.4 Å². The molecule has 0 spiro atoms. The van der Waals surface area contributed by atoms with Gasteiger partial charge in [-0.1, -0.05) is 63.1 Å². The molecule has 120 valence electrons. The molecule has 2 aromatic carbocycles. The molecule has 22 heavy (non-hydrogen) atoms. The Morgan fingerprint density at radius 2 is 1.00 bits per heavy atom. The lowest BCUT2D eigenvalue weighted by Crippen LogP contribution is -1.83. The molecule has 0 aliphatic heterocycles. The zero-order valence-corrected chi connectivity index (χ0v) is 13.8. The molecule has 0 unspecified atom stereocenters. The van der Waals surface area contributed by atoms with Crippen LogP contribution in [0.4, 0.5) is 0 Å². The van der Waals surface area contributed by atoms with E-state index in [9.17, 15) is 10.2 Å². The van der Waals surface area contributed by atoms with Crippen molar-refractivity contribution in [3.8, 4) is 11.5 Å². The van der Waals surface area contributed by atoms with E-state index in [1.807, 2.05) is 36.4 Å². The lowest BCUT2D eigenvalue weighted by atomic mass is 10.1. The Morgan fingerprint density at radius 3 is 1.32 bits per heavy atom. The minimum Gasteiger partial charge on any atom is -0.508 e. The van der Waals surface area contributed by atoms with E-state index < -0.39 is 0 Å². The Kier molecular flexibility index (Phi) is 8.82. The summed E-state index contributed by atoms with van der Waals surface area (Å²) in [5.41, 5.74) is 2.13. The third-order valence-corrected chi connectivity index (χ3v) is 3.58. The smallest absolute Gasteiger partial charge is 0.118 e. The van der Waals surface area contributed by atoms with Crippen molar-refractivity contribution >= 4 is 0 Å². The number of unbranched alkanes of at least 4 members (excludes halogenated alkanes) is 2. The molecule has 0 heterocycles. The number of benzene rings is 2. The fourth-order valence-electron chi connectivity index (χ4n) is 2.18. The van der Waals surface area contributed by atoms with Crippen molar-refractivity contribution in [1.82, 2.24) is 0 Å². The Balaban J connectivity index is 0.000000220. The molecule has 2 N–H and O–H groups in total. The third kappa shape index (κ3) is 6.66. The molecule has 0 aliphatic rings. The summed E-state index contributed by atoms with van der Waals surface area (Å²) in [5, 5.41) is 18.7. The van der Waals surface area contributed by atoms with E-state index in [1.165, 1.54) is 12.8 Å². The van der Waals surface area contributed by atoms with Crippen LogP contribution in [0.3, 0.4) is 0 Å². The minimum atomic E-state index is 0.431. The van der Waals surface area contributed by atoms with Gasteiger partial charge in [0.05, 0.1) is 0 Å². The van der Waals surface area contributed by atoms with Gasteiger partial charge in [-0.25, -0.2) is 0 Å². The van der Waals surface area contributed by atoms with E-state index in [0.717, 1.165) is 36.8 Å². The first kappa shape index (κ1) is 18.1. The van der Waals surface area contributed by atoms with Gasteiger partial charge in [0, 0.05) is 0 Å². The van der Waals surface area contributed by atoms with Crippen molar-refractivity contribution in [2.24, 2.45) is 0 Å². The van der Waals surface area contributed by atoms with E-state index in [-0.39, 0.29) is 0 Å². The number of para-hydroxylation sites is 2. The average molecular weight is 300 g/mol. The van der Waals surface area contributed by atoms with Crippen LogP contribution in [0.1, 0.15) is 50.7 Å². The molecule has 2 aromatic rings. The third-order valence-electron chi connectivity index (χ3n) is 3.58. The lowest BCUT2D eigenvalue weighted by Gasteiger charge is -2.01. The van der Waals surface area contributed by atoms with Crippen LogP contribution in [0.25, 0.3) is 0 Å². The van der Waals surface area contributed by atoms with Gasteiger partial charge in [0.1, 0.15) is 11.5 Å². The first-order valence-corrected chi connectivity index (χ1v) is 8.22. The first-order valence-electron chi connectivity index (χ1n) is 8.22. The molecule has 0 aliphatic carbocycles. The lowest BCUT2D eigenvalue weighted by molar-refractivity contribution is 0.466. The van der Waals surface area contributed by atoms with E-state index in [4.69, 9.17) is 0 Å². The summed E-state index contributed by atoms with van der Waals surface area (Å²) in [7, 11) is 0. The molecule has 0 aromatic heterocycles. The zero-order valence-electron chi connectivity index (χ0n) is 13.8. The highest BCUT2D eigenvalue weighted by molar-refractivity contribution is 5.32. The Hall–Kier alpha value is -1.96. The van der Waals surface area contributed by atoms with Gasteiger partial charge >= 0.3 is 0 Å². The number of phenols is 2. The number of rotatable bonds is 6. The number of hydrogen-bond acceptors (Lipinski definition) is 2. The van der Waals surface area contributed by atoms with Gasteiger partial charge < -0.3 is 10.2 Å². The van der Waals surface area contributed by atoms with Gasteiger partial charge in [-0.3, -0.25) is 0 Å². The maximum atomic E-state index is 9.34. The fraction of sp³-hybridized carbons (Fsp3) is 0.400. The van der Waals surface area contributed by atoms with Crippen molar-refractivity contribution in [3.05, 3.63) is 59.7 Å². The first-order chi connectivity index (χ1) is 10.7. The molecule has 0 saturated heterocycles. The van der Waals surface area contributed by atoms with Crippen LogP contribution in [0.15, 0.2) is 48.5 Å². The largest absolute Gasteiger partial charge is 0.508 e. The zero-order chi connectivity index (χ0) is 16.2. The van der Waals surface area contributed by atoms with Crippen LogP contribution in [-0.2, 0) is 12.8 Å². The number of hydrogen-bond donors (Lipinski definition) is 2. The Bertz CT molecular complexity index is 485. The second-order valence-corrected chi connectivity index (χ2v) is 5.46. The summed E-state index contributed by atoms with van der Waals surface area (Å²) in [4.78, 5) is 0. The molecule has 0 atom stereocenters. The number of aryl methyl sites for hydroxylation is 2. The molecule has 0 bridgehead atoms. The highest BCUT2D eigenvalue weighted by Gasteiger charge is 1.97. The molecular formula is C20H28O2. The van der Waals surface area contributed by atoms with Gasteiger partial charge in [0.2, 0.25) is 0 Å². The summed E-state index contributed by atoms with van der Waals surface area (Å²) in [5.74, 6) is 0.863. The second-order valence-electron chi connectivity index (χ2n) is 5.46.